The minimum absolute atomic E-state index is 0.0520. The Labute approximate surface area is 111 Å². The normalized spacial score (nSPS) is 22.4. The van der Waals surface area contributed by atoms with E-state index in [1.165, 1.54) is 0 Å². The van der Waals surface area contributed by atoms with Crippen molar-refractivity contribution in [2.75, 3.05) is 13.1 Å². The van der Waals surface area contributed by atoms with Crippen LogP contribution in [0.5, 0.6) is 0 Å². The molecule has 19 heavy (non-hydrogen) atoms. The first-order valence-electron chi connectivity index (χ1n) is 6.79. The van der Waals surface area contributed by atoms with Crippen molar-refractivity contribution in [2.24, 2.45) is 0 Å². The van der Waals surface area contributed by atoms with Crippen molar-refractivity contribution >= 4 is 11.8 Å². The first kappa shape index (κ1) is 12.2. The fourth-order valence-electron chi connectivity index (χ4n) is 2.80. The third-order valence-corrected chi connectivity index (χ3v) is 3.81. The van der Waals surface area contributed by atoms with E-state index in [1.54, 1.807) is 11.1 Å². The van der Waals surface area contributed by atoms with E-state index >= 15 is 0 Å². The van der Waals surface area contributed by atoms with E-state index in [2.05, 4.69) is 14.9 Å². The van der Waals surface area contributed by atoms with Gasteiger partial charge in [-0.3, -0.25) is 9.59 Å². The molecule has 1 atom stereocenters. The summed E-state index contributed by atoms with van der Waals surface area (Å²) in [6, 6.07) is 0.145. The molecule has 0 aliphatic carbocycles. The third kappa shape index (κ3) is 2.62. The van der Waals surface area contributed by atoms with Gasteiger partial charge in [0.1, 0.15) is 5.82 Å². The van der Waals surface area contributed by atoms with Gasteiger partial charge in [-0.25, -0.2) is 4.98 Å². The van der Waals surface area contributed by atoms with E-state index in [0.29, 0.717) is 13.0 Å². The molecule has 6 heteroatoms. The Morgan fingerprint density at radius 2 is 2.37 bits per heavy atom. The summed E-state index contributed by atoms with van der Waals surface area (Å²) in [6.45, 7) is 1.68. The van der Waals surface area contributed by atoms with Crippen LogP contribution in [0.1, 0.15) is 25.1 Å². The highest BCUT2D eigenvalue weighted by Crippen LogP contribution is 2.13. The molecule has 1 aromatic rings. The van der Waals surface area contributed by atoms with Crippen molar-refractivity contribution in [2.45, 2.75) is 38.3 Å². The molecule has 0 saturated carbocycles. The first-order valence-corrected chi connectivity index (χ1v) is 6.79. The predicted molar refractivity (Wildman–Crippen MR) is 68.3 cm³/mol. The van der Waals surface area contributed by atoms with Crippen LogP contribution in [0, 0.1) is 0 Å². The average molecular weight is 262 g/mol. The molecule has 0 radical (unpaired) electrons. The Hall–Kier alpha value is -1.85. The number of hydrogen-bond donors (Lipinski definition) is 1. The van der Waals surface area contributed by atoms with Gasteiger partial charge in [0.2, 0.25) is 11.8 Å². The molecule has 1 aromatic heterocycles. The summed E-state index contributed by atoms with van der Waals surface area (Å²) in [7, 11) is 0. The molecule has 102 valence electrons. The van der Waals surface area contributed by atoms with E-state index in [1.807, 2.05) is 6.20 Å². The van der Waals surface area contributed by atoms with Crippen molar-refractivity contribution in [1.29, 1.82) is 0 Å². The van der Waals surface area contributed by atoms with E-state index < -0.39 is 0 Å². The first-order chi connectivity index (χ1) is 9.22. The summed E-state index contributed by atoms with van der Waals surface area (Å²) in [4.78, 5) is 29.3. The second kappa shape index (κ2) is 5.03. The Kier molecular flexibility index (Phi) is 3.23. The topological polar surface area (TPSA) is 67.2 Å². The van der Waals surface area contributed by atoms with E-state index in [-0.39, 0.29) is 24.4 Å². The summed E-state index contributed by atoms with van der Waals surface area (Å²) in [5, 5.41) is 3.02. The van der Waals surface area contributed by atoms with Crippen LogP contribution in [0.25, 0.3) is 0 Å². The monoisotopic (exact) mass is 262 g/mol. The molecule has 1 unspecified atom stereocenters. The summed E-state index contributed by atoms with van der Waals surface area (Å²) >= 11 is 0. The summed E-state index contributed by atoms with van der Waals surface area (Å²) in [5.41, 5.74) is 0. The number of likely N-dealkylation sites (tertiary alicyclic amines) is 1. The molecule has 2 aliphatic heterocycles. The summed E-state index contributed by atoms with van der Waals surface area (Å²) in [6.07, 6.45) is 6.99. The van der Waals surface area contributed by atoms with E-state index in [0.717, 1.165) is 31.6 Å². The van der Waals surface area contributed by atoms with E-state index in [4.69, 9.17) is 0 Å². The number of nitrogens with one attached hydrogen (secondary N) is 1. The van der Waals surface area contributed by atoms with Crippen LogP contribution in [0.3, 0.4) is 0 Å². The molecule has 1 N–H and O–H groups in total. The number of aromatic nitrogens is 2. The predicted octanol–water partition coefficient (Wildman–Crippen LogP) is -0.0635. The maximum Gasteiger partial charge on any atom is 0.239 e. The lowest BCUT2D eigenvalue weighted by atomic mass is 10.1. The van der Waals surface area contributed by atoms with Gasteiger partial charge in [-0.05, 0) is 12.8 Å². The van der Waals surface area contributed by atoms with Gasteiger partial charge in [-0.2, -0.15) is 0 Å². The number of fused-ring (bicyclic) bond motifs is 1. The molecule has 0 aromatic carbocycles. The number of hydrogen-bond acceptors (Lipinski definition) is 3. The second-order valence-corrected chi connectivity index (χ2v) is 5.22. The van der Waals surface area contributed by atoms with Gasteiger partial charge in [0.15, 0.2) is 0 Å². The molecular formula is C13H18N4O2. The van der Waals surface area contributed by atoms with Gasteiger partial charge in [0.05, 0.1) is 6.54 Å². The van der Waals surface area contributed by atoms with Crippen LogP contribution in [-0.2, 0) is 22.6 Å². The number of imidazole rings is 1. The van der Waals surface area contributed by atoms with Crippen molar-refractivity contribution in [3.05, 3.63) is 18.2 Å². The smallest absolute Gasteiger partial charge is 0.239 e. The fraction of sp³-hybridized carbons (Fsp3) is 0.615. The Balaban J connectivity index is 1.52. The van der Waals surface area contributed by atoms with Gasteiger partial charge in [0.25, 0.3) is 0 Å². The Morgan fingerprint density at radius 1 is 1.47 bits per heavy atom. The van der Waals surface area contributed by atoms with Crippen LogP contribution >= 0.6 is 0 Å². The number of nitrogens with zero attached hydrogens (tertiary/aromatic N) is 3. The van der Waals surface area contributed by atoms with Crippen LogP contribution in [-0.4, -0.2) is 45.4 Å². The van der Waals surface area contributed by atoms with Crippen LogP contribution < -0.4 is 5.32 Å². The van der Waals surface area contributed by atoms with Crippen LogP contribution in [0.4, 0.5) is 0 Å². The largest absolute Gasteiger partial charge is 0.350 e. The molecular weight excluding hydrogens is 244 g/mol. The van der Waals surface area contributed by atoms with Crippen molar-refractivity contribution < 1.29 is 9.59 Å². The van der Waals surface area contributed by atoms with Crippen LogP contribution in [0.2, 0.25) is 0 Å². The molecule has 3 rings (SSSR count). The number of carbonyl (C=O) groups excluding carboxylic acids is 2. The lowest BCUT2D eigenvalue weighted by molar-refractivity contribution is -0.133. The zero-order valence-electron chi connectivity index (χ0n) is 10.8. The maximum absolute atomic E-state index is 11.9. The van der Waals surface area contributed by atoms with E-state index in [9.17, 15) is 9.59 Å². The Bertz CT molecular complexity index is 497. The number of aryl methyl sites for hydroxylation is 1. The quantitative estimate of drug-likeness (QED) is 0.829. The van der Waals surface area contributed by atoms with Crippen LogP contribution in [0.15, 0.2) is 12.4 Å². The molecule has 3 heterocycles. The second-order valence-electron chi connectivity index (χ2n) is 5.22. The molecule has 1 saturated heterocycles. The SMILES string of the molecule is O=C(CN1CCCC1=O)NC1CCc2nccn2C1. The van der Waals surface area contributed by atoms with Gasteiger partial charge >= 0.3 is 0 Å². The molecule has 0 bridgehead atoms. The maximum atomic E-state index is 11.9. The minimum atomic E-state index is -0.0520. The summed E-state index contributed by atoms with van der Waals surface area (Å²) in [5.74, 6) is 1.12. The van der Waals surface area contributed by atoms with Gasteiger partial charge < -0.3 is 14.8 Å². The zero-order chi connectivity index (χ0) is 13.2. The molecule has 1 fully saturated rings. The van der Waals surface area contributed by atoms with Gasteiger partial charge in [0, 0.05) is 44.4 Å². The van der Waals surface area contributed by atoms with Crippen molar-refractivity contribution in [3.8, 4) is 0 Å². The highest BCUT2D eigenvalue weighted by molar-refractivity contribution is 5.85. The zero-order valence-corrected chi connectivity index (χ0v) is 10.8. The van der Waals surface area contributed by atoms with Gasteiger partial charge in [-0.15, -0.1) is 0 Å². The number of amides is 2. The fourth-order valence-corrected chi connectivity index (χ4v) is 2.80. The highest BCUT2D eigenvalue weighted by atomic mass is 16.2. The Morgan fingerprint density at radius 3 is 3.16 bits per heavy atom. The van der Waals surface area contributed by atoms with Crippen molar-refractivity contribution in [1.82, 2.24) is 19.8 Å². The molecule has 2 aliphatic rings. The lowest BCUT2D eigenvalue weighted by Crippen LogP contribution is -2.45. The number of rotatable bonds is 3. The lowest BCUT2D eigenvalue weighted by Gasteiger charge is -2.25. The standard InChI is InChI=1S/C13H18N4O2/c18-12(9-17-6-1-2-13(17)19)15-10-3-4-11-14-5-7-16(11)8-10/h5,7,10H,1-4,6,8-9H2,(H,15,18). The third-order valence-electron chi connectivity index (χ3n) is 3.81. The molecule has 2 amide bonds. The van der Waals surface area contributed by atoms with Gasteiger partial charge in [-0.1, -0.05) is 0 Å². The number of carbonyl (C=O) groups is 2. The highest BCUT2D eigenvalue weighted by Gasteiger charge is 2.25. The van der Waals surface area contributed by atoms with Crippen molar-refractivity contribution in [3.63, 3.8) is 0 Å². The average Bonchev–Trinajstić information content (AvgIpc) is 2.98. The molecule has 6 nitrogen and oxygen atoms in total. The summed E-state index contributed by atoms with van der Waals surface area (Å²) < 4.78 is 2.08. The minimum Gasteiger partial charge on any atom is -0.350 e. The molecule has 0 spiro atoms.